The third-order valence-corrected chi connectivity index (χ3v) is 5.15. The van der Waals surface area contributed by atoms with Gasteiger partial charge in [0.2, 0.25) is 5.91 Å². The minimum atomic E-state index is -4.52. The van der Waals surface area contributed by atoms with Crippen molar-refractivity contribution in [3.05, 3.63) is 28.8 Å². The number of nitrogens with one attached hydrogen (secondary N) is 1. The van der Waals surface area contributed by atoms with Crippen molar-refractivity contribution in [3.63, 3.8) is 0 Å². The Hall–Kier alpha value is -1.84. The van der Waals surface area contributed by atoms with Gasteiger partial charge in [0, 0.05) is 32.8 Å². The number of amides is 2. The summed E-state index contributed by atoms with van der Waals surface area (Å²) in [6, 6.07) is 2.79. The number of rotatable bonds is 4. The predicted octanol–water partition coefficient (Wildman–Crippen LogP) is 2.62. The Kier molecular flexibility index (Phi) is 6.47. The number of nitrogens with zero attached hydrogens (tertiary/aromatic N) is 2. The minimum absolute atomic E-state index is 0.00847. The van der Waals surface area contributed by atoms with Gasteiger partial charge in [0.15, 0.2) is 0 Å². The van der Waals surface area contributed by atoms with E-state index in [0.717, 1.165) is 31.0 Å². The molecule has 1 N–H and O–H groups in total. The second-order valence-corrected chi connectivity index (χ2v) is 7.25. The van der Waals surface area contributed by atoms with Crippen molar-refractivity contribution >= 4 is 29.1 Å². The molecule has 0 saturated carbocycles. The first-order chi connectivity index (χ1) is 13.2. The van der Waals surface area contributed by atoms with E-state index in [-0.39, 0.29) is 29.3 Å². The summed E-state index contributed by atoms with van der Waals surface area (Å²) in [4.78, 5) is 28.1. The smallest absolute Gasteiger partial charge is 0.368 e. The summed E-state index contributed by atoms with van der Waals surface area (Å²) in [7, 11) is 0. The number of carbonyl (C=O) groups is 2. The van der Waals surface area contributed by atoms with Gasteiger partial charge in [0.05, 0.1) is 22.8 Å². The van der Waals surface area contributed by atoms with Crippen LogP contribution in [0.25, 0.3) is 0 Å². The topological polar surface area (TPSA) is 61.9 Å². The lowest BCUT2D eigenvalue weighted by Crippen LogP contribution is -2.52. The molecule has 0 unspecified atom stereocenters. The maximum Gasteiger partial charge on any atom is 0.416 e. The summed E-state index contributed by atoms with van der Waals surface area (Å²) in [5.41, 5.74) is -0.956. The van der Waals surface area contributed by atoms with Crippen LogP contribution in [0.15, 0.2) is 18.2 Å². The highest BCUT2D eigenvalue weighted by Gasteiger charge is 2.32. The summed E-state index contributed by atoms with van der Waals surface area (Å²) in [5.74, 6) is -0.475. The van der Waals surface area contributed by atoms with Crippen molar-refractivity contribution in [2.45, 2.75) is 25.1 Å². The van der Waals surface area contributed by atoms with Gasteiger partial charge in [-0.1, -0.05) is 11.6 Å². The molecule has 0 bridgehead atoms. The van der Waals surface area contributed by atoms with Crippen LogP contribution in [0.4, 0.5) is 18.9 Å². The number of hydrogen-bond acceptors (Lipinski definition) is 4. The van der Waals surface area contributed by atoms with Crippen LogP contribution in [0, 0.1) is 0 Å². The summed E-state index contributed by atoms with van der Waals surface area (Å²) >= 11 is 5.90. The van der Waals surface area contributed by atoms with Crippen molar-refractivity contribution in [3.8, 4) is 0 Å². The normalized spacial score (nSPS) is 21.0. The molecule has 1 aromatic carbocycles. The molecule has 2 heterocycles. The van der Waals surface area contributed by atoms with E-state index in [0.29, 0.717) is 32.8 Å². The van der Waals surface area contributed by atoms with E-state index < -0.39 is 17.6 Å². The number of hydrogen-bond donors (Lipinski definition) is 1. The van der Waals surface area contributed by atoms with Crippen LogP contribution < -0.4 is 5.32 Å². The molecule has 0 aromatic heterocycles. The van der Waals surface area contributed by atoms with Gasteiger partial charge in [-0.15, -0.1) is 0 Å². The highest BCUT2D eigenvalue weighted by molar-refractivity contribution is 6.33. The average Bonchev–Trinajstić information content (AvgIpc) is 3.17. The van der Waals surface area contributed by atoms with Gasteiger partial charge in [-0.3, -0.25) is 14.5 Å². The molecule has 28 heavy (non-hydrogen) atoms. The lowest BCUT2D eigenvalue weighted by atomic mass is 10.2. The third-order valence-electron chi connectivity index (χ3n) is 4.82. The maximum atomic E-state index is 12.8. The van der Waals surface area contributed by atoms with E-state index in [9.17, 15) is 22.8 Å². The Morgan fingerprint density at radius 2 is 1.93 bits per heavy atom. The second kappa shape index (κ2) is 8.67. The Labute approximate surface area is 165 Å². The zero-order valence-corrected chi connectivity index (χ0v) is 15.9. The molecule has 2 aliphatic heterocycles. The lowest BCUT2D eigenvalue weighted by Gasteiger charge is -2.35. The van der Waals surface area contributed by atoms with Crippen molar-refractivity contribution in [1.82, 2.24) is 9.80 Å². The first-order valence-electron chi connectivity index (χ1n) is 9.03. The molecule has 0 spiro atoms. The van der Waals surface area contributed by atoms with Gasteiger partial charge in [-0.25, -0.2) is 0 Å². The van der Waals surface area contributed by atoms with Crippen LogP contribution in [0.1, 0.15) is 18.4 Å². The maximum absolute atomic E-state index is 12.8. The van der Waals surface area contributed by atoms with Crippen LogP contribution in [-0.2, 0) is 20.5 Å². The highest BCUT2D eigenvalue weighted by atomic mass is 35.5. The van der Waals surface area contributed by atoms with E-state index in [1.165, 1.54) is 0 Å². The fourth-order valence-electron chi connectivity index (χ4n) is 3.29. The van der Waals surface area contributed by atoms with E-state index >= 15 is 0 Å². The van der Waals surface area contributed by atoms with Gasteiger partial charge in [0.1, 0.15) is 6.10 Å². The standard InChI is InChI=1S/C18H21ClF3N3O3/c19-13-4-3-12(18(20,21)22)10-14(13)23-16(26)11-24-5-7-25(8-6-24)17(27)15-2-1-9-28-15/h3-4,10,15H,1-2,5-9,11H2,(H,23,26)/t15-/m0/s1. The van der Waals surface area contributed by atoms with Crippen LogP contribution in [0.3, 0.4) is 0 Å². The molecule has 2 amide bonds. The summed E-state index contributed by atoms with van der Waals surface area (Å²) in [6.07, 6.45) is -3.26. The van der Waals surface area contributed by atoms with Crippen molar-refractivity contribution < 1.29 is 27.5 Å². The average molecular weight is 420 g/mol. The molecular formula is C18H21ClF3N3O3. The Morgan fingerprint density at radius 3 is 2.54 bits per heavy atom. The van der Waals surface area contributed by atoms with Gasteiger partial charge in [-0.2, -0.15) is 13.2 Å². The number of halogens is 4. The van der Waals surface area contributed by atoms with Crippen LogP contribution >= 0.6 is 11.6 Å². The fraction of sp³-hybridized carbons (Fsp3) is 0.556. The molecule has 2 saturated heterocycles. The van der Waals surface area contributed by atoms with Crippen molar-refractivity contribution in [1.29, 1.82) is 0 Å². The number of alkyl halides is 3. The molecule has 1 atom stereocenters. The molecule has 0 aliphatic carbocycles. The van der Waals surface area contributed by atoms with Gasteiger partial charge >= 0.3 is 6.18 Å². The van der Waals surface area contributed by atoms with Crippen LogP contribution in [0.2, 0.25) is 5.02 Å². The Morgan fingerprint density at radius 1 is 1.21 bits per heavy atom. The second-order valence-electron chi connectivity index (χ2n) is 6.84. The van der Waals surface area contributed by atoms with Crippen LogP contribution in [-0.4, -0.2) is 67.0 Å². The molecule has 154 valence electrons. The van der Waals surface area contributed by atoms with Crippen LogP contribution in [0.5, 0.6) is 0 Å². The monoisotopic (exact) mass is 419 g/mol. The highest BCUT2D eigenvalue weighted by Crippen LogP contribution is 2.33. The lowest BCUT2D eigenvalue weighted by molar-refractivity contribution is -0.142. The zero-order chi connectivity index (χ0) is 20.3. The van der Waals surface area contributed by atoms with Gasteiger partial charge < -0.3 is 15.0 Å². The number of ether oxygens (including phenoxy) is 1. The first kappa shape index (κ1) is 20.9. The molecule has 2 fully saturated rings. The largest absolute Gasteiger partial charge is 0.416 e. The third kappa shape index (κ3) is 5.15. The molecule has 2 aliphatic rings. The molecule has 10 heteroatoms. The quantitative estimate of drug-likeness (QED) is 0.815. The number of benzene rings is 1. The summed E-state index contributed by atoms with van der Waals surface area (Å²) in [5, 5.41) is 2.47. The van der Waals surface area contributed by atoms with E-state index in [4.69, 9.17) is 16.3 Å². The Balaban J connectivity index is 1.50. The summed E-state index contributed by atoms with van der Waals surface area (Å²) < 4.78 is 43.9. The predicted molar refractivity (Wildman–Crippen MR) is 97.1 cm³/mol. The number of piperazine rings is 1. The SMILES string of the molecule is O=C(CN1CCN(C(=O)[C@@H]2CCCO2)CC1)Nc1cc(C(F)(F)F)ccc1Cl. The van der Waals surface area contributed by atoms with E-state index in [1.807, 2.05) is 4.90 Å². The summed E-state index contributed by atoms with van der Waals surface area (Å²) in [6.45, 7) is 2.58. The Bertz CT molecular complexity index is 731. The molecule has 0 radical (unpaired) electrons. The molecule has 1 aromatic rings. The molecule has 6 nitrogen and oxygen atoms in total. The van der Waals surface area contributed by atoms with Gasteiger partial charge in [-0.05, 0) is 31.0 Å². The molecular weight excluding hydrogens is 399 g/mol. The number of anilines is 1. The molecule has 3 rings (SSSR count). The minimum Gasteiger partial charge on any atom is -0.368 e. The van der Waals surface area contributed by atoms with Gasteiger partial charge in [0.25, 0.3) is 5.91 Å². The van der Waals surface area contributed by atoms with E-state index in [1.54, 1.807) is 4.90 Å². The van der Waals surface area contributed by atoms with E-state index in [2.05, 4.69) is 5.32 Å². The fourth-order valence-corrected chi connectivity index (χ4v) is 3.46. The first-order valence-corrected chi connectivity index (χ1v) is 9.41. The van der Waals surface area contributed by atoms with Crippen molar-refractivity contribution in [2.75, 3.05) is 44.6 Å². The van der Waals surface area contributed by atoms with Crippen molar-refractivity contribution in [2.24, 2.45) is 0 Å². The number of carbonyl (C=O) groups excluding carboxylic acids is 2. The zero-order valence-electron chi connectivity index (χ0n) is 15.1.